The molecule has 23 heavy (non-hydrogen) atoms. The summed E-state index contributed by atoms with van der Waals surface area (Å²) < 4.78 is 19.6. The van der Waals surface area contributed by atoms with Crippen LogP contribution < -0.4 is 10.2 Å². The van der Waals surface area contributed by atoms with Crippen LogP contribution in [0.5, 0.6) is 0 Å². The molecule has 1 aliphatic heterocycles. The molecule has 1 heterocycles. The average molecular weight is 333 g/mol. The maximum Gasteiger partial charge on any atom is 0.414 e. The lowest BCUT2D eigenvalue weighted by Crippen LogP contribution is -2.32. The fraction of sp³-hybridized carbons (Fsp3) is 0.438. The van der Waals surface area contributed by atoms with Crippen molar-refractivity contribution in [2.24, 2.45) is 0 Å². The number of carbonyl (C=O) groups is 1. The van der Waals surface area contributed by atoms with Gasteiger partial charge in [-0.05, 0) is 25.1 Å². The standard InChI is InChI=1S/C16H16FN3O2S/c1-10(23)19-8-12-9-20(15(21)22-12)11-3-4-13(14(17)7-11)16(18-2)5-6-16/h3-4,7,12H,5-6,8-9H2,1H3,(H,19,23). The molecule has 5 nitrogen and oxygen atoms in total. The number of anilines is 1. The van der Waals surface area contributed by atoms with Crippen molar-refractivity contribution in [3.8, 4) is 0 Å². The van der Waals surface area contributed by atoms with E-state index >= 15 is 0 Å². The molecule has 7 heteroatoms. The number of hydrogen-bond acceptors (Lipinski definition) is 3. The van der Waals surface area contributed by atoms with E-state index < -0.39 is 17.4 Å². The van der Waals surface area contributed by atoms with Crippen molar-refractivity contribution in [3.63, 3.8) is 0 Å². The fourth-order valence-electron chi connectivity index (χ4n) is 2.71. The number of carbonyl (C=O) groups excluding carboxylic acids is 1. The van der Waals surface area contributed by atoms with Gasteiger partial charge in [0.1, 0.15) is 11.9 Å². The van der Waals surface area contributed by atoms with Crippen LogP contribution in [-0.4, -0.2) is 30.3 Å². The summed E-state index contributed by atoms with van der Waals surface area (Å²) in [6.07, 6.45) is 0.533. The van der Waals surface area contributed by atoms with E-state index in [1.165, 1.54) is 11.0 Å². The van der Waals surface area contributed by atoms with Gasteiger partial charge in [-0.25, -0.2) is 15.8 Å². The van der Waals surface area contributed by atoms with E-state index in [1.807, 2.05) is 0 Å². The fourth-order valence-corrected chi connectivity index (χ4v) is 2.79. The molecule has 0 aromatic heterocycles. The lowest BCUT2D eigenvalue weighted by Gasteiger charge is -2.15. The minimum atomic E-state index is -0.697. The quantitative estimate of drug-likeness (QED) is 0.680. The summed E-state index contributed by atoms with van der Waals surface area (Å²) in [6.45, 7) is 9.74. The minimum Gasteiger partial charge on any atom is -0.442 e. The molecule has 1 saturated carbocycles. The number of benzene rings is 1. The van der Waals surface area contributed by atoms with Crippen molar-refractivity contribution in [2.75, 3.05) is 18.0 Å². The van der Waals surface area contributed by atoms with Gasteiger partial charge in [-0.2, -0.15) is 0 Å². The van der Waals surface area contributed by atoms with Crippen LogP contribution in [0.3, 0.4) is 0 Å². The largest absolute Gasteiger partial charge is 0.442 e. The average Bonchev–Trinajstić information content (AvgIpc) is 3.22. The minimum absolute atomic E-state index is 0.332. The molecular weight excluding hydrogens is 317 g/mol. The first-order valence-electron chi connectivity index (χ1n) is 7.36. The normalized spacial score (nSPS) is 21.5. The lowest BCUT2D eigenvalue weighted by atomic mass is 10.0. The molecule has 2 fully saturated rings. The van der Waals surface area contributed by atoms with Crippen LogP contribution in [0.25, 0.3) is 4.85 Å². The van der Waals surface area contributed by atoms with Crippen molar-refractivity contribution in [1.82, 2.24) is 5.32 Å². The Labute approximate surface area is 139 Å². The Kier molecular flexibility index (Phi) is 3.94. The van der Waals surface area contributed by atoms with Gasteiger partial charge in [0.2, 0.25) is 0 Å². The number of rotatable bonds is 4. The molecule has 1 amide bonds. The number of nitrogens with one attached hydrogen (secondary N) is 1. The van der Waals surface area contributed by atoms with E-state index in [1.54, 1.807) is 19.1 Å². The number of nitrogens with zero attached hydrogens (tertiary/aromatic N) is 2. The highest BCUT2D eigenvalue weighted by molar-refractivity contribution is 7.80. The van der Waals surface area contributed by atoms with Crippen molar-refractivity contribution < 1.29 is 13.9 Å². The second-order valence-electron chi connectivity index (χ2n) is 5.86. The zero-order chi connectivity index (χ0) is 16.6. The van der Waals surface area contributed by atoms with Crippen molar-refractivity contribution >= 4 is 29.0 Å². The molecule has 1 aromatic carbocycles. The Hall–Kier alpha value is -2.20. The molecule has 1 N–H and O–H groups in total. The first kappa shape index (κ1) is 15.7. The Morgan fingerprint density at radius 3 is 2.91 bits per heavy atom. The Balaban J connectivity index is 1.75. The van der Waals surface area contributed by atoms with Crippen LogP contribution in [0, 0.1) is 12.4 Å². The van der Waals surface area contributed by atoms with Crippen LogP contribution in [0.15, 0.2) is 18.2 Å². The third-order valence-electron chi connectivity index (χ3n) is 4.16. The van der Waals surface area contributed by atoms with Crippen LogP contribution in [0.2, 0.25) is 0 Å². The van der Waals surface area contributed by atoms with E-state index in [4.69, 9.17) is 23.5 Å². The zero-order valence-electron chi connectivity index (χ0n) is 12.6. The van der Waals surface area contributed by atoms with Gasteiger partial charge in [-0.15, -0.1) is 0 Å². The van der Waals surface area contributed by atoms with Crippen LogP contribution in [0.1, 0.15) is 25.3 Å². The third-order valence-corrected chi connectivity index (χ3v) is 4.30. The molecule has 0 spiro atoms. The summed E-state index contributed by atoms with van der Waals surface area (Å²) >= 11 is 4.93. The van der Waals surface area contributed by atoms with Crippen molar-refractivity contribution in [2.45, 2.75) is 31.4 Å². The van der Waals surface area contributed by atoms with E-state index in [0.29, 0.717) is 42.2 Å². The number of hydrogen-bond donors (Lipinski definition) is 1. The summed E-state index contributed by atoms with van der Waals surface area (Å²) in [4.78, 5) is 17.5. The van der Waals surface area contributed by atoms with Gasteiger partial charge < -0.3 is 14.9 Å². The molecule has 2 aliphatic rings. The molecule has 1 atom stereocenters. The molecule has 1 aromatic rings. The molecule has 1 saturated heterocycles. The maximum absolute atomic E-state index is 14.4. The van der Waals surface area contributed by atoms with Gasteiger partial charge in [0.05, 0.1) is 29.3 Å². The van der Waals surface area contributed by atoms with Gasteiger partial charge >= 0.3 is 6.09 Å². The topological polar surface area (TPSA) is 45.9 Å². The van der Waals surface area contributed by atoms with Gasteiger partial charge in [0.15, 0.2) is 0 Å². The van der Waals surface area contributed by atoms with Crippen LogP contribution >= 0.6 is 12.2 Å². The van der Waals surface area contributed by atoms with E-state index in [0.717, 1.165) is 0 Å². The molecule has 1 unspecified atom stereocenters. The molecule has 3 rings (SSSR count). The number of ether oxygens (including phenoxy) is 1. The second-order valence-corrected chi connectivity index (χ2v) is 6.47. The lowest BCUT2D eigenvalue weighted by molar-refractivity contribution is 0.143. The van der Waals surface area contributed by atoms with Crippen LogP contribution in [0.4, 0.5) is 14.9 Å². The highest BCUT2D eigenvalue weighted by atomic mass is 32.1. The Morgan fingerprint density at radius 1 is 1.61 bits per heavy atom. The second kappa shape index (κ2) is 5.78. The summed E-state index contributed by atoms with van der Waals surface area (Å²) in [6, 6.07) is 4.59. The van der Waals surface area contributed by atoms with Crippen LogP contribution in [-0.2, 0) is 10.3 Å². The first-order valence-corrected chi connectivity index (χ1v) is 7.77. The van der Waals surface area contributed by atoms with E-state index in [2.05, 4.69) is 10.2 Å². The predicted octanol–water partition coefficient (Wildman–Crippen LogP) is 3.00. The number of halogens is 1. The number of thiocarbonyl (C=S) groups is 1. The molecule has 120 valence electrons. The zero-order valence-corrected chi connectivity index (χ0v) is 13.5. The third kappa shape index (κ3) is 2.99. The summed E-state index contributed by atoms with van der Waals surface area (Å²) in [5, 5.41) is 2.96. The van der Waals surface area contributed by atoms with Crippen molar-refractivity contribution in [1.29, 1.82) is 0 Å². The summed E-state index contributed by atoms with van der Waals surface area (Å²) in [5.41, 5.74) is 0.161. The van der Waals surface area contributed by atoms with Crippen molar-refractivity contribution in [3.05, 3.63) is 41.0 Å². The van der Waals surface area contributed by atoms with E-state index in [9.17, 15) is 9.18 Å². The van der Waals surface area contributed by atoms with Gasteiger partial charge in [0.25, 0.3) is 5.54 Å². The van der Waals surface area contributed by atoms with E-state index in [-0.39, 0.29) is 6.10 Å². The van der Waals surface area contributed by atoms with Gasteiger partial charge in [0, 0.05) is 12.8 Å². The number of cyclic esters (lactones) is 1. The predicted molar refractivity (Wildman–Crippen MR) is 87.8 cm³/mol. The Morgan fingerprint density at radius 2 is 2.35 bits per heavy atom. The Bertz CT molecular complexity index is 712. The summed E-state index contributed by atoms with van der Waals surface area (Å²) in [7, 11) is 0. The maximum atomic E-state index is 14.4. The number of amides is 1. The SMILES string of the molecule is [C-]#[N+]C1(c2ccc(N3CC(CNC(C)=S)OC3=O)cc2F)CC1. The van der Waals surface area contributed by atoms with Gasteiger partial charge in [-0.3, -0.25) is 4.90 Å². The highest BCUT2D eigenvalue weighted by Crippen LogP contribution is 2.50. The molecule has 0 radical (unpaired) electrons. The molecule has 1 aliphatic carbocycles. The summed E-state index contributed by atoms with van der Waals surface area (Å²) in [5.74, 6) is -0.444. The monoisotopic (exact) mass is 333 g/mol. The molecular formula is C16H16FN3O2S. The highest BCUT2D eigenvalue weighted by Gasteiger charge is 2.54. The van der Waals surface area contributed by atoms with Gasteiger partial charge in [-0.1, -0.05) is 12.2 Å². The molecule has 0 bridgehead atoms. The smallest absolute Gasteiger partial charge is 0.414 e. The first-order chi connectivity index (χ1) is 10.9.